The maximum absolute atomic E-state index is 12.0. The van der Waals surface area contributed by atoms with Gasteiger partial charge in [0.1, 0.15) is 5.75 Å². The third kappa shape index (κ3) is 7.80. The molecule has 9 heteroatoms. The van der Waals surface area contributed by atoms with Crippen LogP contribution in [0.1, 0.15) is 30.1 Å². The molecule has 5 N–H and O–H groups in total. The largest absolute Gasteiger partial charge is 0.508 e. The number of amides is 1. The van der Waals surface area contributed by atoms with E-state index in [1.165, 1.54) is 12.1 Å². The Labute approximate surface area is 183 Å². The molecule has 28 heavy (non-hydrogen) atoms. The van der Waals surface area contributed by atoms with E-state index in [1.807, 2.05) is 6.92 Å². The Morgan fingerprint density at radius 1 is 1.21 bits per heavy atom. The molecule has 1 amide bonds. The minimum absolute atomic E-state index is 0. The van der Waals surface area contributed by atoms with Crippen molar-refractivity contribution in [1.82, 2.24) is 16.0 Å². The first kappa shape index (κ1) is 24.4. The summed E-state index contributed by atoms with van der Waals surface area (Å²) < 4.78 is 5.50. The van der Waals surface area contributed by atoms with Gasteiger partial charge in [0, 0.05) is 43.8 Å². The molecule has 1 aliphatic heterocycles. The summed E-state index contributed by atoms with van der Waals surface area (Å²) in [4.78, 5) is 16.7. The number of carbonyl (C=O) groups excluding carboxylic acids is 1. The first-order valence-electron chi connectivity index (χ1n) is 9.36. The number of benzene rings is 1. The molecule has 1 aliphatic rings. The first-order valence-corrected chi connectivity index (χ1v) is 9.36. The lowest BCUT2D eigenvalue weighted by atomic mass is 9.84. The quantitative estimate of drug-likeness (QED) is 0.148. The smallest absolute Gasteiger partial charge is 0.251 e. The molecule has 0 radical (unpaired) electrons. The van der Waals surface area contributed by atoms with E-state index in [9.17, 15) is 15.0 Å². The van der Waals surface area contributed by atoms with Gasteiger partial charge in [0.25, 0.3) is 5.91 Å². The summed E-state index contributed by atoms with van der Waals surface area (Å²) in [5, 5.41) is 27.8. The molecule has 8 nitrogen and oxygen atoms in total. The van der Waals surface area contributed by atoms with Crippen LogP contribution in [0.2, 0.25) is 0 Å². The third-order valence-electron chi connectivity index (χ3n) is 4.58. The standard InChI is InChI=1S/C19H30N4O4.HI/c1-2-20-18(23-13-19(7-11-24)8-12-27-14-19)22-10-9-21-17(26)15-3-5-16(25)6-4-15;/h3-6,24-25H,2,7-14H2,1H3,(H,21,26)(H2,20,22,23);1H. The molecule has 0 aliphatic carbocycles. The summed E-state index contributed by atoms with van der Waals surface area (Å²) in [6, 6.07) is 6.12. The van der Waals surface area contributed by atoms with Crippen molar-refractivity contribution in [2.24, 2.45) is 10.4 Å². The van der Waals surface area contributed by atoms with Crippen molar-refractivity contribution >= 4 is 35.8 Å². The molecule has 0 aromatic heterocycles. The predicted octanol–water partition coefficient (Wildman–Crippen LogP) is 1.08. The second-order valence-electron chi connectivity index (χ2n) is 6.70. The van der Waals surface area contributed by atoms with Gasteiger partial charge in [-0.05, 0) is 44.0 Å². The number of aliphatic hydroxyl groups excluding tert-OH is 1. The number of carbonyl (C=O) groups is 1. The fourth-order valence-electron chi connectivity index (χ4n) is 2.95. The van der Waals surface area contributed by atoms with E-state index in [1.54, 1.807) is 12.1 Å². The van der Waals surface area contributed by atoms with Gasteiger partial charge in [-0.2, -0.15) is 0 Å². The Morgan fingerprint density at radius 3 is 2.54 bits per heavy atom. The van der Waals surface area contributed by atoms with Crippen LogP contribution in [0.5, 0.6) is 5.75 Å². The fourth-order valence-corrected chi connectivity index (χ4v) is 2.95. The van der Waals surface area contributed by atoms with Crippen molar-refractivity contribution in [3.63, 3.8) is 0 Å². The Hall–Kier alpha value is -1.59. The van der Waals surface area contributed by atoms with E-state index >= 15 is 0 Å². The summed E-state index contributed by atoms with van der Waals surface area (Å²) in [5.41, 5.74) is 0.407. The predicted molar refractivity (Wildman–Crippen MR) is 119 cm³/mol. The molecule has 1 aromatic rings. The number of aromatic hydroxyl groups is 1. The summed E-state index contributed by atoms with van der Waals surface area (Å²) in [6.45, 7) is 5.74. The minimum atomic E-state index is -0.191. The van der Waals surface area contributed by atoms with Crippen LogP contribution in [0.15, 0.2) is 29.3 Å². The molecule has 0 bridgehead atoms. The number of halogens is 1. The molecule has 1 unspecified atom stereocenters. The number of guanidine groups is 1. The Kier molecular flexibility index (Phi) is 11.2. The molecule has 2 rings (SSSR count). The average Bonchev–Trinajstić information content (AvgIpc) is 3.12. The van der Waals surface area contributed by atoms with Crippen LogP contribution in [0.3, 0.4) is 0 Å². The van der Waals surface area contributed by atoms with Gasteiger partial charge in [-0.1, -0.05) is 0 Å². The highest BCUT2D eigenvalue weighted by molar-refractivity contribution is 14.0. The van der Waals surface area contributed by atoms with Crippen molar-refractivity contribution in [3.05, 3.63) is 29.8 Å². The topological polar surface area (TPSA) is 115 Å². The maximum atomic E-state index is 12.0. The molecular weight excluding hydrogens is 475 g/mol. The summed E-state index contributed by atoms with van der Waals surface area (Å²) >= 11 is 0. The lowest BCUT2D eigenvalue weighted by Gasteiger charge is -2.24. The summed E-state index contributed by atoms with van der Waals surface area (Å²) in [7, 11) is 0. The number of aliphatic hydroxyl groups is 1. The van der Waals surface area contributed by atoms with Crippen molar-refractivity contribution < 1.29 is 19.7 Å². The van der Waals surface area contributed by atoms with Crippen LogP contribution in [-0.4, -0.2) is 68.1 Å². The highest BCUT2D eigenvalue weighted by Crippen LogP contribution is 2.32. The van der Waals surface area contributed by atoms with Gasteiger partial charge in [-0.3, -0.25) is 9.79 Å². The summed E-state index contributed by atoms with van der Waals surface area (Å²) in [5.74, 6) is 0.621. The average molecular weight is 506 g/mol. The van der Waals surface area contributed by atoms with Gasteiger partial charge >= 0.3 is 0 Å². The number of aliphatic imine (C=N–C) groups is 1. The zero-order valence-corrected chi connectivity index (χ0v) is 18.6. The SMILES string of the molecule is CCNC(=NCC1(CCO)CCOC1)NCCNC(=O)c1ccc(O)cc1.I. The lowest BCUT2D eigenvalue weighted by Crippen LogP contribution is -2.42. The third-order valence-corrected chi connectivity index (χ3v) is 4.58. The van der Waals surface area contributed by atoms with Crippen LogP contribution in [0.25, 0.3) is 0 Å². The van der Waals surface area contributed by atoms with Gasteiger partial charge in [0.2, 0.25) is 0 Å². The molecule has 0 spiro atoms. The molecule has 1 heterocycles. The fraction of sp³-hybridized carbons (Fsp3) is 0.579. The van der Waals surface area contributed by atoms with Gasteiger partial charge in [0.15, 0.2) is 5.96 Å². The molecular formula is C19H31IN4O4. The number of ether oxygens (including phenoxy) is 1. The van der Waals surface area contributed by atoms with E-state index in [2.05, 4.69) is 20.9 Å². The Balaban J connectivity index is 0.00000392. The maximum Gasteiger partial charge on any atom is 0.251 e. The van der Waals surface area contributed by atoms with Crippen molar-refractivity contribution in [1.29, 1.82) is 0 Å². The van der Waals surface area contributed by atoms with Crippen molar-refractivity contribution in [3.8, 4) is 5.75 Å². The number of phenols is 1. The van der Waals surface area contributed by atoms with Gasteiger partial charge < -0.3 is 30.9 Å². The van der Waals surface area contributed by atoms with Gasteiger partial charge in [-0.25, -0.2) is 0 Å². The van der Waals surface area contributed by atoms with Crippen molar-refractivity contribution in [2.75, 3.05) is 46.0 Å². The van der Waals surface area contributed by atoms with Crippen LogP contribution in [-0.2, 0) is 4.74 Å². The zero-order chi connectivity index (χ0) is 19.5. The van der Waals surface area contributed by atoms with Crippen LogP contribution in [0, 0.1) is 5.41 Å². The number of nitrogens with zero attached hydrogens (tertiary/aromatic N) is 1. The lowest BCUT2D eigenvalue weighted by molar-refractivity contribution is 0.0954. The van der Waals surface area contributed by atoms with E-state index < -0.39 is 0 Å². The van der Waals surface area contributed by atoms with Crippen molar-refractivity contribution in [2.45, 2.75) is 19.8 Å². The minimum Gasteiger partial charge on any atom is -0.508 e. The number of phenolic OH excluding ortho intramolecular Hbond substituents is 1. The second kappa shape index (κ2) is 12.8. The number of rotatable bonds is 9. The normalized spacial score (nSPS) is 19.0. The number of hydrogen-bond acceptors (Lipinski definition) is 5. The molecule has 0 saturated carbocycles. The Bertz CT molecular complexity index is 619. The van der Waals surface area contributed by atoms with E-state index in [-0.39, 0.29) is 47.7 Å². The van der Waals surface area contributed by atoms with Gasteiger partial charge in [0.05, 0.1) is 13.2 Å². The first-order chi connectivity index (χ1) is 13.1. The van der Waals surface area contributed by atoms with E-state index in [0.717, 1.165) is 13.0 Å². The monoisotopic (exact) mass is 506 g/mol. The Morgan fingerprint density at radius 2 is 1.93 bits per heavy atom. The van der Waals surface area contributed by atoms with Crippen LogP contribution in [0.4, 0.5) is 0 Å². The molecule has 1 aromatic carbocycles. The molecule has 1 fully saturated rings. The van der Waals surface area contributed by atoms with Gasteiger partial charge in [-0.15, -0.1) is 24.0 Å². The molecule has 1 atom stereocenters. The highest BCUT2D eigenvalue weighted by Gasteiger charge is 2.34. The molecule has 1 saturated heterocycles. The second-order valence-corrected chi connectivity index (χ2v) is 6.70. The number of nitrogens with one attached hydrogen (secondary N) is 3. The highest BCUT2D eigenvalue weighted by atomic mass is 127. The van der Waals surface area contributed by atoms with E-state index in [4.69, 9.17) is 4.74 Å². The van der Waals surface area contributed by atoms with E-state index in [0.29, 0.717) is 50.8 Å². The number of hydrogen-bond donors (Lipinski definition) is 5. The molecule has 158 valence electrons. The van der Waals surface area contributed by atoms with Crippen LogP contribution >= 0.6 is 24.0 Å². The zero-order valence-electron chi connectivity index (χ0n) is 16.2. The van der Waals surface area contributed by atoms with Crippen LogP contribution < -0.4 is 16.0 Å². The summed E-state index contributed by atoms with van der Waals surface area (Å²) in [6.07, 6.45) is 1.58.